The molecule has 3 atom stereocenters. The van der Waals surface area contributed by atoms with Crippen LogP contribution in [-0.2, 0) is 9.47 Å². The third-order valence-electron chi connectivity index (χ3n) is 3.87. The number of rotatable bonds is 4. The van der Waals surface area contributed by atoms with Crippen molar-refractivity contribution in [3.8, 4) is 0 Å². The number of nitrogens with one attached hydrogen (secondary N) is 1. The molecule has 2 fully saturated rings. The Balaban J connectivity index is 1.75. The molecule has 17 heavy (non-hydrogen) atoms. The monoisotopic (exact) mass is 242 g/mol. The van der Waals surface area contributed by atoms with Gasteiger partial charge >= 0.3 is 0 Å². The van der Waals surface area contributed by atoms with Gasteiger partial charge in [0.2, 0.25) is 0 Å². The molecule has 0 aromatic heterocycles. The molecule has 4 nitrogen and oxygen atoms in total. The molecule has 2 heterocycles. The molecule has 0 aromatic rings. The average molecular weight is 242 g/mol. The van der Waals surface area contributed by atoms with Crippen LogP contribution in [0.2, 0.25) is 0 Å². The van der Waals surface area contributed by atoms with Crippen molar-refractivity contribution in [1.29, 1.82) is 0 Å². The highest BCUT2D eigenvalue weighted by Crippen LogP contribution is 2.15. The number of hydrogen-bond acceptors (Lipinski definition) is 4. The Morgan fingerprint density at radius 2 is 2.29 bits per heavy atom. The zero-order chi connectivity index (χ0) is 12.1. The summed E-state index contributed by atoms with van der Waals surface area (Å²) in [6.45, 7) is 10.3. The van der Waals surface area contributed by atoms with Gasteiger partial charge in [-0.05, 0) is 19.8 Å². The van der Waals surface area contributed by atoms with Crippen LogP contribution in [0.15, 0.2) is 0 Å². The first-order chi connectivity index (χ1) is 8.29. The standard InChI is InChI=1S/C13H26N2O2/c1-3-13-9-15(5-7-17-13)11(2)8-12-10-16-6-4-14-12/h11-14H,3-10H2,1-2H3. The summed E-state index contributed by atoms with van der Waals surface area (Å²) in [6.07, 6.45) is 2.73. The number of hydrogen-bond donors (Lipinski definition) is 1. The third-order valence-corrected chi connectivity index (χ3v) is 3.87. The zero-order valence-corrected chi connectivity index (χ0v) is 11.2. The van der Waals surface area contributed by atoms with Crippen molar-refractivity contribution < 1.29 is 9.47 Å². The number of morpholine rings is 2. The highest BCUT2D eigenvalue weighted by Gasteiger charge is 2.25. The quantitative estimate of drug-likeness (QED) is 0.793. The molecule has 0 saturated carbocycles. The van der Waals surface area contributed by atoms with E-state index >= 15 is 0 Å². The molecule has 0 radical (unpaired) electrons. The lowest BCUT2D eigenvalue weighted by Gasteiger charge is -2.38. The fourth-order valence-corrected chi connectivity index (χ4v) is 2.72. The summed E-state index contributed by atoms with van der Waals surface area (Å²) in [5.74, 6) is 0. The Bertz CT molecular complexity index is 219. The van der Waals surface area contributed by atoms with Crippen LogP contribution >= 0.6 is 0 Å². The molecule has 1 N–H and O–H groups in total. The Labute approximate surface area is 105 Å². The van der Waals surface area contributed by atoms with Crippen LogP contribution in [0.4, 0.5) is 0 Å². The summed E-state index contributed by atoms with van der Waals surface area (Å²) in [5.41, 5.74) is 0. The predicted octanol–water partition coefficient (Wildman–Crippen LogP) is 0.864. The second-order valence-electron chi connectivity index (χ2n) is 5.21. The Hall–Kier alpha value is -0.160. The van der Waals surface area contributed by atoms with E-state index in [1.54, 1.807) is 0 Å². The maximum Gasteiger partial charge on any atom is 0.0700 e. The van der Waals surface area contributed by atoms with E-state index in [-0.39, 0.29) is 0 Å². The molecule has 100 valence electrons. The lowest BCUT2D eigenvalue weighted by Crippen LogP contribution is -2.50. The number of ether oxygens (including phenoxy) is 2. The molecule has 3 unspecified atom stereocenters. The van der Waals surface area contributed by atoms with Gasteiger partial charge in [-0.15, -0.1) is 0 Å². The summed E-state index contributed by atoms with van der Waals surface area (Å²) in [5, 5.41) is 3.53. The molecule has 0 aliphatic carbocycles. The van der Waals surface area contributed by atoms with Gasteiger partial charge in [-0.2, -0.15) is 0 Å². The molecular formula is C13H26N2O2. The fourth-order valence-electron chi connectivity index (χ4n) is 2.72. The smallest absolute Gasteiger partial charge is 0.0700 e. The highest BCUT2D eigenvalue weighted by molar-refractivity contribution is 4.80. The normalized spacial score (nSPS) is 33.5. The van der Waals surface area contributed by atoms with E-state index in [9.17, 15) is 0 Å². The van der Waals surface area contributed by atoms with Crippen LogP contribution in [0.25, 0.3) is 0 Å². The lowest BCUT2D eigenvalue weighted by molar-refractivity contribution is -0.0463. The second-order valence-corrected chi connectivity index (χ2v) is 5.21. The van der Waals surface area contributed by atoms with Crippen molar-refractivity contribution in [1.82, 2.24) is 10.2 Å². The Kier molecular flexibility index (Phi) is 5.22. The molecular weight excluding hydrogens is 216 g/mol. The molecule has 2 aliphatic rings. The summed E-state index contributed by atoms with van der Waals surface area (Å²) >= 11 is 0. The van der Waals surface area contributed by atoms with Crippen LogP contribution in [0.1, 0.15) is 26.7 Å². The minimum Gasteiger partial charge on any atom is -0.379 e. The van der Waals surface area contributed by atoms with Crippen LogP contribution in [-0.4, -0.2) is 62.5 Å². The molecule has 2 aliphatic heterocycles. The van der Waals surface area contributed by atoms with Gasteiger partial charge < -0.3 is 14.8 Å². The van der Waals surface area contributed by atoms with E-state index in [0.29, 0.717) is 18.2 Å². The van der Waals surface area contributed by atoms with Crippen LogP contribution in [0.3, 0.4) is 0 Å². The molecule has 2 rings (SSSR count). The van der Waals surface area contributed by atoms with Crippen molar-refractivity contribution in [2.45, 2.75) is 44.9 Å². The van der Waals surface area contributed by atoms with Crippen LogP contribution < -0.4 is 5.32 Å². The van der Waals surface area contributed by atoms with Crippen molar-refractivity contribution in [3.05, 3.63) is 0 Å². The fraction of sp³-hybridized carbons (Fsp3) is 1.00. The van der Waals surface area contributed by atoms with E-state index in [2.05, 4.69) is 24.1 Å². The van der Waals surface area contributed by atoms with Gasteiger partial charge in [-0.3, -0.25) is 4.90 Å². The van der Waals surface area contributed by atoms with E-state index in [1.807, 2.05) is 0 Å². The molecule has 0 bridgehead atoms. The lowest BCUT2D eigenvalue weighted by atomic mass is 10.1. The minimum absolute atomic E-state index is 0.432. The summed E-state index contributed by atoms with van der Waals surface area (Å²) in [7, 11) is 0. The largest absolute Gasteiger partial charge is 0.379 e. The molecule has 2 saturated heterocycles. The van der Waals surface area contributed by atoms with E-state index < -0.39 is 0 Å². The maximum atomic E-state index is 5.72. The number of nitrogens with zero attached hydrogens (tertiary/aromatic N) is 1. The van der Waals surface area contributed by atoms with Crippen molar-refractivity contribution in [2.75, 3.05) is 39.5 Å². The topological polar surface area (TPSA) is 33.7 Å². The first-order valence-corrected chi connectivity index (χ1v) is 6.96. The third kappa shape index (κ3) is 3.91. The Morgan fingerprint density at radius 3 is 3.00 bits per heavy atom. The van der Waals surface area contributed by atoms with Gasteiger partial charge in [0.15, 0.2) is 0 Å². The van der Waals surface area contributed by atoms with Gasteiger partial charge in [0, 0.05) is 31.7 Å². The van der Waals surface area contributed by atoms with E-state index in [1.165, 1.54) is 6.42 Å². The van der Waals surface area contributed by atoms with Gasteiger partial charge in [-0.25, -0.2) is 0 Å². The van der Waals surface area contributed by atoms with Crippen LogP contribution in [0.5, 0.6) is 0 Å². The Morgan fingerprint density at radius 1 is 1.41 bits per heavy atom. The second kappa shape index (κ2) is 6.69. The highest BCUT2D eigenvalue weighted by atomic mass is 16.5. The maximum absolute atomic E-state index is 5.72. The zero-order valence-electron chi connectivity index (χ0n) is 11.2. The summed E-state index contributed by atoms with van der Waals surface area (Å²) < 4.78 is 11.2. The van der Waals surface area contributed by atoms with Crippen molar-refractivity contribution in [3.63, 3.8) is 0 Å². The molecule has 0 amide bonds. The summed E-state index contributed by atoms with van der Waals surface area (Å²) in [6, 6.07) is 1.15. The van der Waals surface area contributed by atoms with E-state index in [4.69, 9.17) is 9.47 Å². The molecule has 4 heteroatoms. The van der Waals surface area contributed by atoms with Crippen molar-refractivity contribution >= 4 is 0 Å². The molecule has 0 aromatic carbocycles. The van der Waals surface area contributed by atoms with Crippen molar-refractivity contribution in [2.24, 2.45) is 0 Å². The average Bonchev–Trinajstić information content (AvgIpc) is 2.40. The predicted molar refractivity (Wildman–Crippen MR) is 68.3 cm³/mol. The van der Waals surface area contributed by atoms with Crippen LogP contribution in [0, 0.1) is 0 Å². The van der Waals surface area contributed by atoms with Gasteiger partial charge in [0.1, 0.15) is 0 Å². The van der Waals surface area contributed by atoms with Gasteiger partial charge in [-0.1, -0.05) is 6.92 Å². The first kappa shape index (κ1) is 13.3. The molecule has 0 spiro atoms. The van der Waals surface area contributed by atoms with E-state index in [0.717, 1.165) is 45.9 Å². The minimum atomic E-state index is 0.432. The van der Waals surface area contributed by atoms with Gasteiger partial charge in [0.25, 0.3) is 0 Å². The van der Waals surface area contributed by atoms with Gasteiger partial charge in [0.05, 0.1) is 25.9 Å². The SMILES string of the molecule is CCC1CN(C(C)CC2COCCN2)CCO1. The summed E-state index contributed by atoms with van der Waals surface area (Å²) in [4.78, 5) is 2.56. The first-order valence-electron chi connectivity index (χ1n) is 6.96.